The van der Waals surface area contributed by atoms with Gasteiger partial charge in [0.1, 0.15) is 0 Å². The highest BCUT2D eigenvalue weighted by Gasteiger charge is 2.14. The normalized spacial score (nSPS) is 10.9. The lowest BCUT2D eigenvalue weighted by atomic mass is 10.1. The number of rotatable bonds is 3. The van der Waals surface area contributed by atoms with Gasteiger partial charge in [-0.05, 0) is 13.0 Å². The smallest absolute Gasteiger partial charge is 0.259 e. The van der Waals surface area contributed by atoms with Gasteiger partial charge in [-0.2, -0.15) is 0 Å². The number of amides is 1. The number of hydrogen-bond acceptors (Lipinski definition) is 3. The van der Waals surface area contributed by atoms with Crippen LogP contribution in [0.3, 0.4) is 0 Å². The number of nitrogens with one attached hydrogen (secondary N) is 2. The summed E-state index contributed by atoms with van der Waals surface area (Å²) >= 11 is 1.43. The Labute approximate surface area is 143 Å². The van der Waals surface area contributed by atoms with Gasteiger partial charge in [-0.1, -0.05) is 48.0 Å². The molecular formula is C19H15N3OS. The fraction of sp³-hybridized carbons (Fsp3) is 0.0526. The van der Waals surface area contributed by atoms with Crippen molar-refractivity contribution in [2.45, 2.75) is 6.92 Å². The van der Waals surface area contributed by atoms with Crippen molar-refractivity contribution >= 4 is 33.3 Å². The molecule has 0 aliphatic rings. The van der Waals surface area contributed by atoms with Crippen LogP contribution in [0.4, 0.5) is 5.13 Å². The summed E-state index contributed by atoms with van der Waals surface area (Å²) in [6.45, 7) is 2.05. The van der Waals surface area contributed by atoms with Crippen molar-refractivity contribution in [3.8, 4) is 11.3 Å². The van der Waals surface area contributed by atoms with E-state index < -0.39 is 0 Å². The molecule has 0 bridgehead atoms. The van der Waals surface area contributed by atoms with Crippen LogP contribution in [0.15, 0.2) is 60.1 Å². The molecule has 4 nitrogen and oxygen atoms in total. The molecule has 2 heterocycles. The van der Waals surface area contributed by atoms with E-state index in [1.807, 2.05) is 41.8 Å². The van der Waals surface area contributed by atoms with E-state index in [1.165, 1.54) is 16.9 Å². The molecule has 2 N–H and O–H groups in total. The number of aryl methyl sites for hydroxylation is 1. The summed E-state index contributed by atoms with van der Waals surface area (Å²) in [5.41, 5.74) is 4.69. The lowest BCUT2D eigenvalue weighted by Gasteiger charge is -2.00. The fourth-order valence-corrected chi connectivity index (χ4v) is 3.33. The number of thiazole rings is 1. The molecule has 118 valence electrons. The highest BCUT2D eigenvalue weighted by Crippen LogP contribution is 2.26. The lowest BCUT2D eigenvalue weighted by molar-refractivity contribution is 0.102. The third-order valence-electron chi connectivity index (χ3n) is 3.91. The van der Waals surface area contributed by atoms with E-state index >= 15 is 0 Å². The van der Waals surface area contributed by atoms with Crippen LogP contribution < -0.4 is 5.32 Å². The molecule has 0 saturated heterocycles. The highest BCUT2D eigenvalue weighted by molar-refractivity contribution is 7.14. The molecule has 2 aromatic carbocycles. The molecule has 5 heteroatoms. The minimum Gasteiger partial charge on any atom is -0.360 e. The van der Waals surface area contributed by atoms with Crippen molar-refractivity contribution in [1.29, 1.82) is 0 Å². The fourth-order valence-electron chi connectivity index (χ4n) is 2.61. The Morgan fingerprint density at radius 1 is 1.12 bits per heavy atom. The number of para-hydroxylation sites is 1. The molecule has 4 aromatic rings. The molecule has 0 unspecified atom stereocenters. The highest BCUT2D eigenvalue weighted by atomic mass is 32.1. The third kappa shape index (κ3) is 2.70. The molecule has 0 aliphatic carbocycles. The quantitative estimate of drug-likeness (QED) is 0.563. The summed E-state index contributed by atoms with van der Waals surface area (Å²) in [7, 11) is 0. The molecule has 1 amide bonds. The van der Waals surface area contributed by atoms with Gasteiger partial charge in [-0.3, -0.25) is 10.1 Å². The van der Waals surface area contributed by atoms with Crippen LogP contribution in [0, 0.1) is 6.92 Å². The standard InChI is InChI=1S/C19H15N3OS/c1-12-6-8-13(9-7-12)17-11-24-19(21-17)22-18(23)15-10-20-16-5-3-2-4-14(15)16/h2-11,20H,1H3,(H,21,22,23). The van der Waals surface area contributed by atoms with E-state index in [0.29, 0.717) is 10.7 Å². The number of hydrogen-bond donors (Lipinski definition) is 2. The second-order valence-corrected chi connectivity index (χ2v) is 6.46. The molecular weight excluding hydrogens is 318 g/mol. The van der Waals surface area contributed by atoms with Crippen LogP contribution in [-0.2, 0) is 0 Å². The number of carbonyl (C=O) groups excluding carboxylic acids is 1. The van der Waals surface area contributed by atoms with E-state index in [9.17, 15) is 4.79 Å². The van der Waals surface area contributed by atoms with Gasteiger partial charge in [0.15, 0.2) is 5.13 Å². The third-order valence-corrected chi connectivity index (χ3v) is 4.66. The van der Waals surface area contributed by atoms with Gasteiger partial charge in [0.2, 0.25) is 0 Å². The molecule has 0 fully saturated rings. The largest absolute Gasteiger partial charge is 0.360 e. The van der Waals surface area contributed by atoms with Crippen molar-refractivity contribution in [2.75, 3.05) is 5.32 Å². The van der Waals surface area contributed by atoms with E-state index in [-0.39, 0.29) is 5.91 Å². The van der Waals surface area contributed by atoms with Crippen molar-refractivity contribution in [2.24, 2.45) is 0 Å². The first-order chi connectivity index (χ1) is 11.7. The van der Waals surface area contributed by atoms with Gasteiger partial charge in [-0.25, -0.2) is 4.98 Å². The van der Waals surface area contributed by atoms with Crippen molar-refractivity contribution < 1.29 is 4.79 Å². The zero-order valence-corrected chi connectivity index (χ0v) is 13.9. The summed E-state index contributed by atoms with van der Waals surface area (Å²) in [5.74, 6) is -0.155. The number of aromatic nitrogens is 2. The van der Waals surface area contributed by atoms with Crippen LogP contribution in [0.25, 0.3) is 22.2 Å². The van der Waals surface area contributed by atoms with Crippen LogP contribution in [-0.4, -0.2) is 15.9 Å². The summed E-state index contributed by atoms with van der Waals surface area (Å²) in [6, 6.07) is 15.9. The Kier molecular flexibility index (Phi) is 3.63. The van der Waals surface area contributed by atoms with Crippen LogP contribution in [0.1, 0.15) is 15.9 Å². The molecule has 24 heavy (non-hydrogen) atoms. The summed E-state index contributed by atoms with van der Waals surface area (Å²) in [6.07, 6.45) is 1.73. The first kappa shape index (κ1) is 14.7. The van der Waals surface area contributed by atoms with Crippen LogP contribution >= 0.6 is 11.3 Å². The molecule has 0 aliphatic heterocycles. The Morgan fingerprint density at radius 3 is 2.75 bits per heavy atom. The van der Waals surface area contributed by atoms with E-state index in [4.69, 9.17) is 0 Å². The maximum Gasteiger partial charge on any atom is 0.259 e. The Morgan fingerprint density at radius 2 is 1.92 bits per heavy atom. The number of aromatic amines is 1. The Bertz CT molecular complexity index is 1010. The monoisotopic (exact) mass is 333 g/mol. The average molecular weight is 333 g/mol. The molecule has 4 rings (SSSR count). The van der Waals surface area contributed by atoms with Gasteiger partial charge in [-0.15, -0.1) is 11.3 Å². The zero-order chi connectivity index (χ0) is 16.5. The van der Waals surface area contributed by atoms with Crippen LogP contribution in [0.5, 0.6) is 0 Å². The van der Waals surface area contributed by atoms with Crippen LogP contribution in [0.2, 0.25) is 0 Å². The predicted molar refractivity (Wildman–Crippen MR) is 98.5 cm³/mol. The van der Waals surface area contributed by atoms with Gasteiger partial charge in [0.25, 0.3) is 5.91 Å². The van der Waals surface area contributed by atoms with Crippen molar-refractivity contribution in [3.05, 3.63) is 71.2 Å². The molecule has 0 radical (unpaired) electrons. The second kappa shape index (κ2) is 5.94. The average Bonchev–Trinajstić information content (AvgIpc) is 3.22. The van der Waals surface area contributed by atoms with Gasteiger partial charge in [0, 0.05) is 28.0 Å². The minimum absolute atomic E-state index is 0.155. The molecule has 0 spiro atoms. The zero-order valence-electron chi connectivity index (χ0n) is 13.0. The van der Waals surface area contributed by atoms with Gasteiger partial charge >= 0.3 is 0 Å². The predicted octanol–water partition coefficient (Wildman–Crippen LogP) is 4.85. The maximum atomic E-state index is 12.5. The molecule has 0 saturated carbocycles. The van der Waals surface area contributed by atoms with E-state index in [1.54, 1.807) is 6.20 Å². The molecule has 2 aromatic heterocycles. The number of H-pyrrole nitrogens is 1. The second-order valence-electron chi connectivity index (χ2n) is 5.61. The van der Waals surface area contributed by atoms with E-state index in [2.05, 4.69) is 34.3 Å². The topological polar surface area (TPSA) is 57.8 Å². The number of anilines is 1. The number of fused-ring (bicyclic) bond motifs is 1. The lowest BCUT2D eigenvalue weighted by Crippen LogP contribution is -2.11. The maximum absolute atomic E-state index is 12.5. The number of carbonyl (C=O) groups is 1. The molecule has 0 atom stereocenters. The summed E-state index contributed by atoms with van der Waals surface area (Å²) in [5, 5.41) is 6.35. The SMILES string of the molecule is Cc1ccc(-c2csc(NC(=O)c3c[nH]c4ccccc34)n2)cc1. The van der Waals surface area contributed by atoms with Gasteiger partial charge < -0.3 is 4.98 Å². The Balaban J connectivity index is 1.57. The number of benzene rings is 2. The summed E-state index contributed by atoms with van der Waals surface area (Å²) in [4.78, 5) is 20.1. The first-order valence-electron chi connectivity index (χ1n) is 7.61. The minimum atomic E-state index is -0.155. The first-order valence-corrected chi connectivity index (χ1v) is 8.49. The van der Waals surface area contributed by atoms with Crippen molar-refractivity contribution in [3.63, 3.8) is 0 Å². The van der Waals surface area contributed by atoms with E-state index in [0.717, 1.165) is 22.2 Å². The number of nitrogens with zero attached hydrogens (tertiary/aromatic N) is 1. The summed E-state index contributed by atoms with van der Waals surface area (Å²) < 4.78 is 0. The van der Waals surface area contributed by atoms with Gasteiger partial charge in [0.05, 0.1) is 11.3 Å². The van der Waals surface area contributed by atoms with Crippen molar-refractivity contribution in [1.82, 2.24) is 9.97 Å². The Hall–Kier alpha value is -2.92.